The van der Waals surface area contributed by atoms with Gasteiger partial charge in [-0.2, -0.15) is 0 Å². The number of nitrogens with one attached hydrogen (secondary N) is 1. The first-order chi connectivity index (χ1) is 8.43. The van der Waals surface area contributed by atoms with Crippen molar-refractivity contribution in [3.8, 4) is 0 Å². The number of rotatable bonds is 5. The summed E-state index contributed by atoms with van der Waals surface area (Å²) in [6.07, 6.45) is 5.41. The van der Waals surface area contributed by atoms with Gasteiger partial charge in [-0.25, -0.2) is 0 Å². The Hall–Kier alpha value is -0.0800. The van der Waals surface area contributed by atoms with Gasteiger partial charge in [0.15, 0.2) is 0 Å². The van der Waals surface area contributed by atoms with Crippen molar-refractivity contribution in [2.45, 2.75) is 71.4 Å². The lowest BCUT2D eigenvalue weighted by molar-refractivity contribution is 0.000951. The second-order valence-electron chi connectivity index (χ2n) is 7.29. The van der Waals surface area contributed by atoms with Crippen molar-refractivity contribution in [2.75, 3.05) is 19.6 Å². The fourth-order valence-electron chi connectivity index (χ4n) is 3.28. The molecule has 2 rings (SSSR count). The Labute approximate surface area is 114 Å². The predicted molar refractivity (Wildman–Crippen MR) is 78.9 cm³/mol. The van der Waals surface area contributed by atoms with Crippen LogP contribution in [-0.2, 0) is 0 Å². The van der Waals surface area contributed by atoms with Crippen LogP contribution < -0.4 is 5.32 Å². The molecule has 0 radical (unpaired) electrons. The molecule has 1 aliphatic carbocycles. The molecule has 3 atom stereocenters. The van der Waals surface area contributed by atoms with E-state index < -0.39 is 0 Å². The molecule has 2 aliphatic rings. The molecule has 0 bridgehead atoms. The van der Waals surface area contributed by atoms with E-state index in [0.717, 1.165) is 18.4 Å². The van der Waals surface area contributed by atoms with Crippen LogP contribution in [-0.4, -0.2) is 35.6 Å². The van der Waals surface area contributed by atoms with Crippen LogP contribution in [0.3, 0.4) is 0 Å². The van der Waals surface area contributed by atoms with E-state index in [1.807, 2.05) is 0 Å². The van der Waals surface area contributed by atoms with Crippen LogP contribution in [0.2, 0.25) is 0 Å². The highest BCUT2D eigenvalue weighted by atomic mass is 15.3. The van der Waals surface area contributed by atoms with Crippen molar-refractivity contribution in [3.05, 3.63) is 0 Å². The quantitative estimate of drug-likeness (QED) is 0.808. The number of hydrogen-bond donors (Lipinski definition) is 1. The maximum atomic E-state index is 3.88. The Kier molecular flexibility index (Phi) is 4.08. The van der Waals surface area contributed by atoms with Crippen LogP contribution in [0.25, 0.3) is 0 Å². The molecule has 1 heterocycles. The Balaban J connectivity index is 2.07. The van der Waals surface area contributed by atoms with Crippen molar-refractivity contribution in [3.63, 3.8) is 0 Å². The SMILES string of the molecule is CCC(C)CN1CC(C)(C2CC2)NCC1(C)CC. The van der Waals surface area contributed by atoms with Crippen LogP contribution in [0.1, 0.15) is 60.3 Å². The van der Waals surface area contributed by atoms with Gasteiger partial charge in [-0.05, 0) is 44.9 Å². The smallest absolute Gasteiger partial charge is 0.0309 e. The van der Waals surface area contributed by atoms with Gasteiger partial charge in [0.2, 0.25) is 0 Å². The lowest BCUT2D eigenvalue weighted by Crippen LogP contribution is -2.69. The minimum Gasteiger partial charge on any atom is -0.308 e. The summed E-state index contributed by atoms with van der Waals surface area (Å²) in [4.78, 5) is 2.79. The Morgan fingerprint density at radius 3 is 2.44 bits per heavy atom. The first-order valence-electron chi connectivity index (χ1n) is 7.93. The van der Waals surface area contributed by atoms with Gasteiger partial charge in [0.1, 0.15) is 0 Å². The van der Waals surface area contributed by atoms with E-state index in [0.29, 0.717) is 11.1 Å². The largest absolute Gasteiger partial charge is 0.308 e. The minimum atomic E-state index is 0.359. The summed E-state index contributed by atoms with van der Waals surface area (Å²) >= 11 is 0. The van der Waals surface area contributed by atoms with Gasteiger partial charge in [-0.3, -0.25) is 4.90 Å². The number of nitrogens with zero attached hydrogens (tertiary/aromatic N) is 1. The first-order valence-corrected chi connectivity index (χ1v) is 7.93. The molecule has 0 amide bonds. The summed E-state index contributed by atoms with van der Waals surface area (Å²) in [7, 11) is 0. The van der Waals surface area contributed by atoms with Gasteiger partial charge in [-0.15, -0.1) is 0 Å². The number of hydrogen-bond acceptors (Lipinski definition) is 2. The van der Waals surface area contributed by atoms with E-state index in [1.165, 1.54) is 38.8 Å². The van der Waals surface area contributed by atoms with Crippen LogP contribution in [0.5, 0.6) is 0 Å². The molecule has 3 unspecified atom stereocenters. The molecule has 0 spiro atoms. The summed E-state index contributed by atoms with van der Waals surface area (Å²) < 4.78 is 0. The molecule has 18 heavy (non-hydrogen) atoms. The predicted octanol–water partition coefficient (Wildman–Crippen LogP) is 3.28. The molecule has 1 N–H and O–H groups in total. The van der Waals surface area contributed by atoms with Crippen LogP contribution in [0.15, 0.2) is 0 Å². The molecular weight excluding hydrogens is 220 g/mol. The highest BCUT2D eigenvalue weighted by Gasteiger charge is 2.48. The standard InChI is InChI=1S/C16H32N2/c1-6-13(3)10-18-12-16(5,14-8-9-14)17-11-15(18,4)7-2/h13-14,17H,6-12H2,1-5H3. The average Bonchev–Trinajstić information content (AvgIpc) is 3.18. The third-order valence-corrected chi connectivity index (χ3v) is 5.62. The normalized spacial score (nSPS) is 39.8. The van der Waals surface area contributed by atoms with E-state index in [9.17, 15) is 0 Å². The molecule has 1 saturated carbocycles. The van der Waals surface area contributed by atoms with Crippen molar-refractivity contribution in [2.24, 2.45) is 11.8 Å². The van der Waals surface area contributed by atoms with E-state index >= 15 is 0 Å². The monoisotopic (exact) mass is 252 g/mol. The van der Waals surface area contributed by atoms with E-state index in [1.54, 1.807) is 0 Å². The zero-order valence-electron chi connectivity index (χ0n) is 13.1. The Morgan fingerprint density at radius 2 is 1.94 bits per heavy atom. The van der Waals surface area contributed by atoms with E-state index in [4.69, 9.17) is 0 Å². The molecule has 1 aliphatic heterocycles. The van der Waals surface area contributed by atoms with Crippen molar-refractivity contribution in [1.29, 1.82) is 0 Å². The van der Waals surface area contributed by atoms with Crippen LogP contribution in [0.4, 0.5) is 0 Å². The minimum absolute atomic E-state index is 0.359. The van der Waals surface area contributed by atoms with Crippen molar-refractivity contribution in [1.82, 2.24) is 10.2 Å². The highest BCUT2D eigenvalue weighted by Crippen LogP contribution is 2.43. The second kappa shape index (κ2) is 5.13. The van der Waals surface area contributed by atoms with E-state index in [2.05, 4.69) is 44.8 Å². The lowest BCUT2D eigenvalue weighted by Gasteiger charge is -2.53. The van der Waals surface area contributed by atoms with Gasteiger partial charge in [0.25, 0.3) is 0 Å². The fourth-order valence-corrected chi connectivity index (χ4v) is 3.28. The molecule has 2 nitrogen and oxygen atoms in total. The second-order valence-corrected chi connectivity index (χ2v) is 7.29. The lowest BCUT2D eigenvalue weighted by atomic mass is 9.83. The summed E-state index contributed by atoms with van der Waals surface area (Å²) in [6.45, 7) is 15.6. The molecule has 0 aromatic rings. The molecule has 0 aromatic heterocycles. The maximum absolute atomic E-state index is 3.88. The molecule has 2 heteroatoms. The zero-order valence-corrected chi connectivity index (χ0v) is 13.1. The Bertz CT molecular complexity index is 287. The zero-order chi connectivity index (χ0) is 13.4. The summed E-state index contributed by atoms with van der Waals surface area (Å²) in [5, 5.41) is 3.88. The molecular formula is C16H32N2. The van der Waals surface area contributed by atoms with Gasteiger partial charge < -0.3 is 5.32 Å². The van der Waals surface area contributed by atoms with Crippen LogP contribution >= 0.6 is 0 Å². The average molecular weight is 252 g/mol. The fraction of sp³-hybridized carbons (Fsp3) is 1.00. The summed E-state index contributed by atoms with van der Waals surface area (Å²) in [6, 6.07) is 0. The first kappa shape index (κ1) is 14.3. The van der Waals surface area contributed by atoms with Gasteiger partial charge >= 0.3 is 0 Å². The topological polar surface area (TPSA) is 15.3 Å². The van der Waals surface area contributed by atoms with Crippen molar-refractivity contribution < 1.29 is 0 Å². The third kappa shape index (κ3) is 2.75. The summed E-state index contributed by atoms with van der Waals surface area (Å²) in [5.41, 5.74) is 0.736. The van der Waals surface area contributed by atoms with Gasteiger partial charge in [0, 0.05) is 30.7 Å². The number of piperazine rings is 1. The molecule has 2 fully saturated rings. The van der Waals surface area contributed by atoms with Crippen LogP contribution in [0, 0.1) is 11.8 Å². The molecule has 1 saturated heterocycles. The van der Waals surface area contributed by atoms with Gasteiger partial charge in [0.05, 0.1) is 0 Å². The molecule has 0 aromatic carbocycles. The third-order valence-electron chi connectivity index (χ3n) is 5.62. The van der Waals surface area contributed by atoms with Crippen molar-refractivity contribution >= 4 is 0 Å². The highest BCUT2D eigenvalue weighted by molar-refractivity contribution is 5.07. The molecule has 106 valence electrons. The summed E-state index contributed by atoms with van der Waals surface area (Å²) in [5.74, 6) is 1.75. The van der Waals surface area contributed by atoms with Gasteiger partial charge in [-0.1, -0.05) is 27.2 Å². The Morgan fingerprint density at radius 1 is 1.28 bits per heavy atom. The van der Waals surface area contributed by atoms with E-state index in [-0.39, 0.29) is 0 Å². The maximum Gasteiger partial charge on any atom is 0.0309 e.